The van der Waals surface area contributed by atoms with Gasteiger partial charge in [0.25, 0.3) is 5.91 Å². The molecule has 1 atom stereocenters. The highest BCUT2D eigenvalue weighted by molar-refractivity contribution is 6.61. The second-order valence-electron chi connectivity index (χ2n) is 5.00. The standard InChI is InChI=1S/C13H16BF2NO3/c1-3-7(2)5-17-13(18)11-8-6-20-14(19)9(8)4-10(15)12(11)16/h4,7,19H,3,5-6H2,1-2H3,(H,17,18). The van der Waals surface area contributed by atoms with Gasteiger partial charge in [0.1, 0.15) is 0 Å². The molecule has 0 saturated carbocycles. The lowest BCUT2D eigenvalue weighted by molar-refractivity contribution is 0.0940. The summed E-state index contributed by atoms with van der Waals surface area (Å²) in [5.74, 6) is -2.81. The molecular formula is C13H16BF2NO3. The van der Waals surface area contributed by atoms with E-state index in [1.807, 2.05) is 13.8 Å². The van der Waals surface area contributed by atoms with E-state index in [1.54, 1.807) is 0 Å². The molecule has 0 aromatic heterocycles. The summed E-state index contributed by atoms with van der Waals surface area (Å²) >= 11 is 0. The van der Waals surface area contributed by atoms with Crippen LogP contribution in [0.5, 0.6) is 0 Å². The Morgan fingerprint density at radius 3 is 2.95 bits per heavy atom. The Hall–Kier alpha value is -1.47. The average Bonchev–Trinajstić information content (AvgIpc) is 2.78. The van der Waals surface area contributed by atoms with Crippen LogP contribution in [0.25, 0.3) is 0 Å². The molecule has 1 amide bonds. The third-order valence-corrected chi connectivity index (χ3v) is 3.55. The summed E-state index contributed by atoms with van der Waals surface area (Å²) in [7, 11) is -1.32. The molecule has 1 aromatic carbocycles. The third-order valence-electron chi connectivity index (χ3n) is 3.55. The molecule has 20 heavy (non-hydrogen) atoms. The van der Waals surface area contributed by atoms with Gasteiger partial charge in [-0.15, -0.1) is 0 Å². The number of carbonyl (C=O) groups excluding carboxylic acids is 1. The molecule has 0 radical (unpaired) electrons. The first kappa shape index (κ1) is 14.9. The fraction of sp³-hybridized carbons (Fsp3) is 0.462. The van der Waals surface area contributed by atoms with Crippen LogP contribution in [0.4, 0.5) is 8.78 Å². The van der Waals surface area contributed by atoms with E-state index in [2.05, 4.69) is 5.32 Å². The molecular weight excluding hydrogens is 267 g/mol. The lowest BCUT2D eigenvalue weighted by Gasteiger charge is -2.13. The molecule has 2 N–H and O–H groups in total. The van der Waals surface area contributed by atoms with E-state index in [0.29, 0.717) is 6.54 Å². The molecule has 108 valence electrons. The summed E-state index contributed by atoms with van der Waals surface area (Å²) in [6.45, 7) is 4.18. The Morgan fingerprint density at radius 1 is 1.60 bits per heavy atom. The van der Waals surface area contributed by atoms with Gasteiger partial charge in [0, 0.05) is 6.54 Å². The minimum atomic E-state index is -1.32. The number of fused-ring (bicyclic) bond motifs is 1. The molecule has 0 saturated heterocycles. The summed E-state index contributed by atoms with van der Waals surface area (Å²) in [5.41, 5.74) is -0.0597. The van der Waals surface area contributed by atoms with Gasteiger partial charge in [-0.3, -0.25) is 4.79 Å². The quantitative estimate of drug-likeness (QED) is 0.809. The first-order chi connectivity index (χ1) is 9.45. The fourth-order valence-corrected chi connectivity index (χ4v) is 2.05. The van der Waals surface area contributed by atoms with Gasteiger partial charge in [0.15, 0.2) is 11.6 Å². The van der Waals surface area contributed by atoms with E-state index in [1.165, 1.54) is 0 Å². The highest BCUT2D eigenvalue weighted by Gasteiger charge is 2.34. The van der Waals surface area contributed by atoms with E-state index in [-0.39, 0.29) is 29.1 Å². The number of carbonyl (C=O) groups is 1. The number of benzene rings is 1. The van der Waals surface area contributed by atoms with Gasteiger partial charge < -0.3 is 15.0 Å². The van der Waals surface area contributed by atoms with Crippen molar-refractivity contribution < 1.29 is 23.3 Å². The summed E-state index contributed by atoms with van der Waals surface area (Å²) in [4.78, 5) is 12.0. The van der Waals surface area contributed by atoms with Crippen LogP contribution in [0.3, 0.4) is 0 Å². The van der Waals surface area contributed by atoms with Crippen molar-refractivity contribution in [1.82, 2.24) is 5.32 Å². The van der Waals surface area contributed by atoms with Gasteiger partial charge in [0.2, 0.25) is 0 Å². The highest BCUT2D eigenvalue weighted by atomic mass is 19.2. The number of hydrogen-bond acceptors (Lipinski definition) is 3. The van der Waals surface area contributed by atoms with Gasteiger partial charge in [0.05, 0.1) is 12.2 Å². The van der Waals surface area contributed by atoms with Crippen molar-refractivity contribution in [3.05, 3.63) is 28.8 Å². The van der Waals surface area contributed by atoms with Crippen LogP contribution in [0.15, 0.2) is 6.07 Å². The van der Waals surface area contributed by atoms with E-state index in [9.17, 15) is 18.6 Å². The molecule has 7 heteroatoms. The lowest BCUT2D eigenvalue weighted by atomic mass is 9.78. The predicted molar refractivity (Wildman–Crippen MR) is 70.5 cm³/mol. The summed E-state index contributed by atoms with van der Waals surface area (Å²) in [6.07, 6.45) is 0.867. The Labute approximate surface area is 116 Å². The van der Waals surface area contributed by atoms with Crippen LogP contribution in [-0.2, 0) is 11.3 Å². The van der Waals surface area contributed by atoms with Crippen molar-refractivity contribution in [3.63, 3.8) is 0 Å². The molecule has 1 heterocycles. The Bertz CT molecular complexity index is 539. The first-order valence-electron chi connectivity index (χ1n) is 6.54. The van der Waals surface area contributed by atoms with E-state index >= 15 is 0 Å². The Balaban J connectivity index is 2.32. The molecule has 0 spiro atoms. The number of hydrogen-bond donors (Lipinski definition) is 2. The van der Waals surface area contributed by atoms with Crippen LogP contribution < -0.4 is 10.8 Å². The monoisotopic (exact) mass is 283 g/mol. The van der Waals surface area contributed by atoms with Crippen LogP contribution >= 0.6 is 0 Å². The molecule has 0 aliphatic carbocycles. The second-order valence-corrected chi connectivity index (χ2v) is 5.00. The molecule has 1 aliphatic heterocycles. The third kappa shape index (κ3) is 2.69. The minimum Gasteiger partial charge on any atom is -0.423 e. The normalized spacial score (nSPS) is 15.2. The van der Waals surface area contributed by atoms with Crippen LogP contribution in [-0.4, -0.2) is 24.6 Å². The smallest absolute Gasteiger partial charge is 0.423 e. The summed E-state index contributed by atoms with van der Waals surface area (Å²) < 4.78 is 32.3. The van der Waals surface area contributed by atoms with Crippen molar-refractivity contribution in [1.29, 1.82) is 0 Å². The van der Waals surface area contributed by atoms with Crippen molar-refractivity contribution >= 4 is 18.5 Å². The molecule has 1 unspecified atom stereocenters. The van der Waals surface area contributed by atoms with E-state index in [0.717, 1.165) is 12.5 Å². The van der Waals surface area contributed by atoms with Gasteiger partial charge in [-0.2, -0.15) is 0 Å². The summed E-state index contributed by atoms with van der Waals surface area (Å²) in [5, 5.41) is 12.1. The van der Waals surface area contributed by atoms with Crippen molar-refractivity contribution in [2.75, 3.05) is 6.54 Å². The maximum atomic E-state index is 13.9. The SMILES string of the molecule is CCC(C)CNC(=O)c1c(F)c(F)cc2c1COB2O. The molecule has 2 rings (SSSR count). The summed E-state index contributed by atoms with van der Waals surface area (Å²) in [6, 6.07) is 0.869. The minimum absolute atomic E-state index is 0.109. The first-order valence-corrected chi connectivity index (χ1v) is 6.54. The second kappa shape index (κ2) is 5.89. The van der Waals surface area contributed by atoms with Gasteiger partial charge >= 0.3 is 7.12 Å². The number of rotatable bonds is 4. The zero-order valence-electron chi connectivity index (χ0n) is 11.4. The lowest BCUT2D eigenvalue weighted by Crippen LogP contribution is -2.34. The highest BCUT2D eigenvalue weighted by Crippen LogP contribution is 2.21. The largest absolute Gasteiger partial charge is 0.491 e. The molecule has 0 bridgehead atoms. The van der Waals surface area contributed by atoms with Crippen molar-refractivity contribution in [2.45, 2.75) is 26.9 Å². The molecule has 4 nitrogen and oxygen atoms in total. The molecule has 1 aromatic rings. The molecule has 0 fully saturated rings. The maximum Gasteiger partial charge on any atom is 0.491 e. The number of amides is 1. The fourth-order valence-electron chi connectivity index (χ4n) is 2.05. The van der Waals surface area contributed by atoms with Crippen LogP contribution in [0.2, 0.25) is 0 Å². The number of nitrogens with one attached hydrogen (secondary N) is 1. The Morgan fingerprint density at radius 2 is 2.30 bits per heavy atom. The predicted octanol–water partition coefficient (Wildman–Crippen LogP) is 0.958. The van der Waals surface area contributed by atoms with Gasteiger partial charge in [-0.05, 0) is 23.0 Å². The number of halogens is 2. The van der Waals surface area contributed by atoms with Gasteiger partial charge in [-0.25, -0.2) is 8.78 Å². The van der Waals surface area contributed by atoms with Crippen LogP contribution in [0, 0.1) is 17.6 Å². The average molecular weight is 283 g/mol. The van der Waals surface area contributed by atoms with Crippen LogP contribution in [0.1, 0.15) is 36.2 Å². The van der Waals surface area contributed by atoms with E-state index < -0.39 is 24.7 Å². The Kier molecular flexibility index (Phi) is 4.40. The van der Waals surface area contributed by atoms with Crippen molar-refractivity contribution in [3.8, 4) is 0 Å². The maximum absolute atomic E-state index is 13.9. The van der Waals surface area contributed by atoms with Gasteiger partial charge in [-0.1, -0.05) is 20.3 Å². The van der Waals surface area contributed by atoms with Crippen molar-refractivity contribution in [2.24, 2.45) is 5.92 Å². The zero-order valence-corrected chi connectivity index (χ0v) is 11.4. The topological polar surface area (TPSA) is 58.6 Å². The van der Waals surface area contributed by atoms with E-state index in [4.69, 9.17) is 4.65 Å². The zero-order chi connectivity index (χ0) is 14.9. The molecule has 1 aliphatic rings.